The highest BCUT2D eigenvalue weighted by atomic mass is 79.9. The van der Waals surface area contributed by atoms with E-state index in [2.05, 4.69) is 31.2 Å². The average Bonchev–Trinajstić information content (AvgIpc) is 3.17. The van der Waals surface area contributed by atoms with Crippen LogP contribution in [0.2, 0.25) is 5.02 Å². The number of nitrogens with zero attached hydrogens (tertiary/aromatic N) is 2. The molecule has 1 unspecified atom stereocenters. The Labute approximate surface area is 209 Å². The topological polar surface area (TPSA) is 47.0 Å². The molecule has 2 aromatic heterocycles. The van der Waals surface area contributed by atoms with E-state index in [0.717, 1.165) is 51.4 Å². The molecule has 2 aromatic carbocycles. The van der Waals surface area contributed by atoms with E-state index in [1.165, 1.54) is 35.4 Å². The standard InChI is InChI=1S/C25H22BrClFN3OS/c26-9-8-15-4-6-19-22(11-15)33-25-23(19)24(29-14-30-25)31-18-5-7-21(20(27)12-18)32-13-16-2-1-3-17(28)10-16/h1-3,5,7,10,12,14-15H,4,6,8-9,11,13H2,(H,29,30,31). The molecular formula is C25H22BrClFN3OS. The van der Waals surface area contributed by atoms with Crippen molar-refractivity contribution in [1.82, 2.24) is 9.97 Å². The van der Waals surface area contributed by atoms with Gasteiger partial charge in [0.25, 0.3) is 0 Å². The smallest absolute Gasteiger partial charge is 0.142 e. The molecule has 0 fully saturated rings. The molecule has 0 spiro atoms. The van der Waals surface area contributed by atoms with Crippen molar-refractivity contribution in [3.8, 4) is 5.75 Å². The van der Waals surface area contributed by atoms with E-state index in [1.54, 1.807) is 23.7 Å². The Kier molecular flexibility index (Phi) is 6.81. The summed E-state index contributed by atoms with van der Waals surface area (Å²) in [4.78, 5) is 11.5. The second-order valence-electron chi connectivity index (χ2n) is 8.18. The van der Waals surface area contributed by atoms with Crippen LogP contribution in [0.4, 0.5) is 15.9 Å². The van der Waals surface area contributed by atoms with Crippen LogP contribution in [0.15, 0.2) is 48.8 Å². The van der Waals surface area contributed by atoms with Crippen molar-refractivity contribution < 1.29 is 9.13 Å². The van der Waals surface area contributed by atoms with Gasteiger partial charge in [-0.15, -0.1) is 11.3 Å². The normalized spacial score (nSPS) is 15.4. The SMILES string of the molecule is Fc1cccc(COc2ccc(Nc3ncnc4sc5c(c34)CCC(CCBr)C5)cc2Cl)c1. The van der Waals surface area contributed by atoms with Crippen molar-refractivity contribution in [2.24, 2.45) is 5.92 Å². The number of rotatable bonds is 7. The molecule has 0 amide bonds. The number of halogens is 3. The van der Waals surface area contributed by atoms with Crippen LogP contribution in [0.1, 0.15) is 28.8 Å². The van der Waals surface area contributed by atoms with Crippen LogP contribution in [-0.2, 0) is 19.4 Å². The highest BCUT2D eigenvalue weighted by Crippen LogP contribution is 2.41. The van der Waals surface area contributed by atoms with Crippen LogP contribution < -0.4 is 10.1 Å². The van der Waals surface area contributed by atoms with Crippen LogP contribution in [0.25, 0.3) is 10.2 Å². The molecule has 1 aliphatic rings. The van der Waals surface area contributed by atoms with Crippen LogP contribution in [0, 0.1) is 11.7 Å². The molecule has 5 rings (SSSR count). The first kappa shape index (κ1) is 22.6. The van der Waals surface area contributed by atoms with Gasteiger partial charge in [0.15, 0.2) is 0 Å². The lowest BCUT2D eigenvalue weighted by Crippen LogP contribution is -2.13. The number of aryl methyl sites for hydroxylation is 1. The monoisotopic (exact) mass is 545 g/mol. The summed E-state index contributed by atoms with van der Waals surface area (Å²) in [6.07, 6.45) is 6.19. The Hall–Kier alpha value is -2.22. The van der Waals surface area contributed by atoms with Gasteiger partial charge in [-0.2, -0.15) is 0 Å². The van der Waals surface area contributed by atoms with E-state index >= 15 is 0 Å². The molecule has 1 aliphatic carbocycles. The first-order valence-electron chi connectivity index (χ1n) is 10.9. The van der Waals surface area contributed by atoms with E-state index in [0.29, 0.717) is 10.8 Å². The number of benzene rings is 2. The maximum atomic E-state index is 13.4. The van der Waals surface area contributed by atoms with Gasteiger partial charge in [-0.25, -0.2) is 14.4 Å². The summed E-state index contributed by atoms with van der Waals surface area (Å²) in [5, 5.41) is 6.08. The van der Waals surface area contributed by atoms with Crippen molar-refractivity contribution in [2.45, 2.75) is 32.3 Å². The second-order valence-corrected chi connectivity index (χ2v) is 10.5. The zero-order valence-electron chi connectivity index (χ0n) is 17.8. The van der Waals surface area contributed by atoms with Gasteiger partial charge in [-0.3, -0.25) is 0 Å². The van der Waals surface area contributed by atoms with E-state index in [1.807, 2.05) is 24.3 Å². The molecule has 0 radical (unpaired) electrons. The minimum atomic E-state index is -0.285. The predicted octanol–water partition coefficient (Wildman–Crippen LogP) is 7.70. The maximum Gasteiger partial charge on any atom is 0.142 e. The summed E-state index contributed by atoms with van der Waals surface area (Å²) in [5.74, 6) is 1.80. The Bertz CT molecular complexity index is 1300. The minimum Gasteiger partial charge on any atom is -0.487 e. The number of hydrogen-bond donors (Lipinski definition) is 1. The maximum absolute atomic E-state index is 13.4. The Morgan fingerprint density at radius 3 is 2.94 bits per heavy atom. The van der Waals surface area contributed by atoms with Gasteiger partial charge in [-0.05, 0) is 73.1 Å². The number of hydrogen-bond acceptors (Lipinski definition) is 5. The van der Waals surface area contributed by atoms with E-state index in [-0.39, 0.29) is 12.4 Å². The molecule has 170 valence electrons. The number of nitrogens with one attached hydrogen (secondary N) is 1. The molecule has 2 heterocycles. The van der Waals surface area contributed by atoms with Crippen molar-refractivity contribution in [3.05, 3.63) is 75.6 Å². The average molecular weight is 547 g/mol. The third-order valence-electron chi connectivity index (χ3n) is 5.94. The fourth-order valence-electron chi connectivity index (χ4n) is 4.29. The van der Waals surface area contributed by atoms with Gasteiger partial charge in [0.05, 0.1) is 10.4 Å². The molecule has 0 bridgehead atoms. The summed E-state index contributed by atoms with van der Waals surface area (Å²) < 4.78 is 19.2. The van der Waals surface area contributed by atoms with E-state index in [9.17, 15) is 4.39 Å². The summed E-state index contributed by atoms with van der Waals surface area (Å²) >= 11 is 11.8. The second kappa shape index (κ2) is 9.95. The van der Waals surface area contributed by atoms with Gasteiger partial charge in [0, 0.05) is 15.9 Å². The third-order valence-corrected chi connectivity index (χ3v) is 7.86. The lowest BCUT2D eigenvalue weighted by molar-refractivity contribution is 0.306. The molecule has 1 N–H and O–H groups in total. The molecule has 0 aliphatic heterocycles. The lowest BCUT2D eigenvalue weighted by atomic mass is 9.86. The summed E-state index contributed by atoms with van der Waals surface area (Å²) in [6.45, 7) is 0.244. The number of aromatic nitrogens is 2. The number of alkyl halides is 1. The van der Waals surface area contributed by atoms with Gasteiger partial charge < -0.3 is 10.1 Å². The number of fused-ring (bicyclic) bond motifs is 3. The number of ether oxygens (including phenoxy) is 1. The fraction of sp³-hybridized carbons (Fsp3) is 0.280. The quantitative estimate of drug-likeness (QED) is 0.241. The molecule has 0 saturated heterocycles. The Morgan fingerprint density at radius 2 is 2.12 bits per heavy atom. The first-order chi connectivity index (χ1) is 16.1. The van der Waals surface area contributed by atoms with Crippen LogP contribution in [0.5, 0.6) is 5.75 Å². The van der Waals surface area contributed by atoms with E-state index < -0.39 is 0 Å². The first-order valence-corrected chi connectivity index (χ1v) is 13.2. The molecular weight excluding hydrogens is 525 g/mol. The van der Waals surface area contributed by atoms with Crippen LogP contribution >= 0.6 is 38.9 Å². The van der Waals surface area contributed by atoms with Gasteiger partial charge in [-0.1, -0.05) is 39.7 Å². The zero-order valence-corrected chi connectivity index (χ0v) is 20.9. The summed E-state index contributed by atoms with van der Waals surface area (Å²) in [5.41, 5.74) is 2.95. The van der Waals surface area contributed by atoms with E-state index in [4.69, 9.17) is 16.3 Å². The Morgan fingerprint density at radius 1 is 1.21 bits per heavy atom. The van der Waals surface area contributed by atoms with Crippen molar-refractivity contribution >= 4 is 60.6 Å². The molecule has 8 heteroatoms. The van der Waals surface area contributed by atoms with Crippen molar-refractivity contribution in [1.29, 1.82) is 0 Å². The zero-order chi connectivity index (χ0) is 22.8. The highest BCUT2D eigenvalue weighted by Gasteiger charge is 2.25. The summed E-state index contributed by atoms with van der Waals surface area (Å²) in [7, 11) is 0. The van der Waals surface area contributed by atoms with Gasteiger partial charge in [0.1, 0.15) is 35.1 Å². The summed E-state index contributed by atoms with van der Waals surface area (Å²) in [6, 6.07) is 11.9. The predicted molar refractivity (Wildman–Crippen MR) is 137 cm³/mol. The molecule has 1 atom stereocenters. The molecule has 4 nitrogen and oxygen atoms in total. The van der Waals surface area contributed by atoms with Crippen LogP contribution in [-0.4, -0.2) is 15.3 Å². The largest absolute Gasteiger partial charge is 0.487 e. The van der Waals surface area contributed by atoms with Crippen molar-refractivity contribution in [2.75, 3.05) is 10.6 Å². The number of anilines is 2. The molecule has 4 aromatic rings. The molecule has 33 heavy (non-hydrogen) atoms. The van der Waals surface area contributed by atoms with Crippen molar-refractivity contribution in [3.63, 3.8) is 0 Å². The fourth-order valence-corrected chi connectivity index (χ4v) is 6.48. The third kappa shape index (κ3) is 5.00. The highest BCUT2D eigenvalue weighted by molar-refractivity contribution is 9.09. The number of thiophene rings is 1. The Balaban J connectivity index is 1.35. The van der Waals surface area contributed by atoms with Gasteiger partial charge in [0.2, 0.25) is 0 Å². The lowest BCUT2D eigenvalue weighted by Gasteiger charge is -2.21. The molecule has 0 saturated carbocycles. The minimum absolute atomic E-state index is 0.244. The van der Waals surface area contributed by atoms with Crippen LogP contribution in [0.3, 0.4) is 0 Å². The van der Waals surface area contributed by atoms with Gasteiger partial charge >= 0.3 is 0 Å².